The lowest BCUT2D eigenvalue weighted by Crippen LogP contribution is -2.56. The molecule has 156 valence electrons. The number of hydrogen-bond acceptors (Lipinski definition) is 4. The maximum absolute atomic E-state index is 12.6. The molecule has 0 bridgehead atoms. The third-order valence-corrected chi connectivity index (χ3v) is 5.52. The molecule has 2 amide bonds. The van der Waals surface area contributed by atoms with Gasteiger partial charge in [0.1, 0.15) is 6.04 Å². The maximum atomic E-state index is 12.6. The Labute approximate surface area is 176 Å². The molecule has 1 aliphatic carbocycles. The number of carbonyl (C=O) groups excluding carboxylic acids is 2. The number of rotatable bonds is 6. The number of hydroxylamine groups is 1. The highest BCUT2D eigenvalue weighted by Gasteiger charge is 2.37. The lowest BCUT2D eigenvalue weighted by Gasteiger charge is -2.31. The SMILES string of the molecule is CC(C)(CN)[C@H](NC(=O)c1ccc(C#CC2CC2c2ccccc2)cc1)C(=O)NO. The zero-order valence-corrected chi connectivity index (χ0v) is 17.2. The van der Waals surface area contributed by atoms with Crippen molar-refractivity contribution < 1.29 is 14.8 Å². The largest absolute Gasteiger partial charge is 0.340 e. The van der Waals surface area contributed by atoms with Crippen molar-refractivity contribution in [3.63, 3.8) is 0 Å². The fourth-order valence-corrected chi connectivity index (χ4v) is 3.32. The van der Waals surface area contributed by atoms with Crippen LogP contribution in [0.4, 0.5) is 0 Å². The Morgan fingerprint density at radius 3 is 2.43 bits per heavy atom. The Morgan fingerprint density at radius 2 is 1.83 bits per heavy atom. The quantitative estimate of drug-likeness (QED) is 0.337. The molecule has 3 rings (SSSR count). The minimum absolute atomic E-state index is 0.158. The second-order valence-corrected chi connectivity index (χ2v) is 8.28. The molecular weight excluding hydrogens is 378 g/mol. The summed E-state index contributed by atoms with van der Waals surface area (Å²) in [6.07, 6.45) is 1.07. The Morgan fingerprint density at radius 1 is 1.17 bits per heavy atom. The highest BCUT2D eigenvalue weighted by atomic mass is 16.5. The van der Waals surface area contributed by atoms with Crippen LogP contribution in [0.2, 0.25) is 0 Å². The van der Waals surface area contributed by atoms with Crippen LogP contribution in [0.25, 0.3) is 0 Å². The van der Waals surface area contributed by atoms with E-state index in [4.69, 9.17) is 10.9 Å². The van der Waals surface area contributed by atoms with Gasteiger partial charge in [-0.25, -0.2) is 5.48 Å². The molecule has 0 saturated heterocycles. The minimum atomic E-state index is -0.968. The first-order valence-electron chi connectivity index (χ1n) is 9.97. The molecule has 0 spiro atoms. The normalized spacial score (nSPS) is 18.5. The molecule has 3 atom stereocenters. The van der Waals surface area contributed by atoms with E-state index >= 15 is 0 Å². The van der Waals surface area contributed by atoms with Crippen LogP contribution >= 0.6 is 0 Å². The van der Waals surface area contributed by atoms with Gasteiger partial charge < -0.3 is 11.1 Å². The summed E-state index contributed by atoms with van der Waals surface area (Å²) < 4.78 is 0. The third kappa shape index (κ3) is 5.07. The van der Waals surface area contributed by atoms with E-state index < -0.39 is 23.3 Å². The van der Waals surface area contributed by atoms with Crippen molar-refractivity contribution >= 4 is 11.8 Å². The standard InChI is InChI=1S/C24H27N3O3/c1-24(2,15-25)21(23(29)27-30)26-22(28)18-11-8-16(9-12-18)10-13-19-14-20(19)17-6-4-3-5-7-17/h3-9,11-12,19-21,30H,14-15,25H2,1-2H3,(H,26,28)(H,27,29)/t19?,20?,21-/m1/s1. The Bertz CT molecular complexity index is 959. The van der Waals surface area contributed by atoms with Gasteiger partial charge in [0.05, 0.1) is 0 Å². The summed E-state index contributed by atoms with van der Waals surface area (Å²) >= 11 is 0. The second kappa shape index (κ2) is 9.12. The van der Waals surface area contributed by atoms with Crippen LogP contribution in [-0.4, -0.2) is 29.6 Å². The van der Waals surface area contributed by atoms with Crippen molar-refractivity contribution in [3.8, 4) is 11.8 Å². The summed E-state index contributed by atoms with van der Waals surface area (Å²) in [7, 11) is 0. The molecule has 1 fully saturated rings. The first-order valence-corrected chi connectivity index (χ1v) is 9.97. The van der Waals surface area contributed by atoms with Gasteiger partial charge in [-0.05, 0) is 48.7 Å². The van der Waals surface area contributed by atoms with E-state index in [1.165, 1.54) is 5.56 Å². The van der Waals surface area contributed by atoms with Gasteiger partial charge in [0.2, 0.25) is 0 Å². The molecule has 0 aromatic heterocycles. The molecule has 0 radical (unpaired) electrons. The van der Waals surface area contributed by atoms with Crippen molar-refractivity contribution in [2.24, 2.45) is 17.1 Å². The first kappa shape index (κ1) is 21.6. The fraction of sp³-hybridized carbons (Fsp3) is 0.333. The molecule has 2 aromatic rings. The van der Waals surface area contributed by atoms with Crippen LogP contribution in [-0.2, 0) is 4.79 Å². The van der Waals surface area contributed by atoms with Crippen LogP contribution in [0.15, 0.2) is 54.6 Å². The van der Waals surface area contributed by atoms with Crippen LogP contribution in [0.5, 0.6) is 0 Å². The van der Waals surface area contributed by atoms with Gasteiger partial charge in [0.15, 0.2) is 0 Å². The van der Waals surface area contributed by atoms with Crippen LogP contribution in [0, 0.1) is 23.2 Å². The Hall–Kier alpha value is -3.14. The monoisotopic (exact) mass is 405 g/mol. The second-order valence-electron chi connectivity index (χ2n) is 8.28. The average Bonchev–Trinajstić information content (AvgIpc) is 3.56. The van der Waals surface area contributed by atoms with Gasteiger partial charge in [0, 0.05) is 22.5 Å². The van der Waals surface area contributed by atoms with Gasteiger partial charge >= 0.3 is 0 Å². The number of amides is 2. The molecule has 30 heavy (non-hydrogen) atoms. The number of nitrogens with one attached hydrogen (secondary N) is 2. The van der Waals surface area contributed by atoms with E-state index in [1.54, 1.807) is 43.6 Å². The first-order chi connectivity index (χ1) is 14.4. The molecule has 0 heterocycles. The summed E-state index contributed by atoms with van der Waals surface area (Å²) in [6, 6.07) is 16.3. The predicted octanol–water partition coefficient (Wildman–Crippen LogP) is 2.43. The molecule has 6 heteroatoms. The number of nitrogens with two attached hydrogens (primary N) is 1. The van der Waals surface area contributed by atoms with E-state index in [1.807, 2.05) is 18.2 Å². The molecule has 6 nitrogen and oxygen atoms in total. The van der Waals surface area contributed by atoms with Gasteiger partial charge in [0.25, 0.3) is 11.8 Å². The summed E-state index contributed by atoms with van der Waals surface area (Å²) in [5.41, 5.74) is 9.14. The van der Waals surface area contributed by atoms with Crippen molar-refractivity contribution in [1.82, 2.24) is 10.8 Å². The van der Waals surface area contributed by atoms with E-state index in [2.05, 4.69) is 29.3 Å². The van der Waals surface area contributed by atoms with Gasteiger partial charge in [-0.3, -0.25) is 14.8 Å². The van der Waals surface area contributed by atoms with Crippen LogP contribution in [0.3, 0.4) is 0 Å². The smallest absolute Gasteiger partial charge is 0.266 e. The predicted molar refractivity (Wildman–Crippen MR) is 115 cm³/mol. The minimum Gasteiger partial charge on any atom is -0.340 e. The third-order valence-electron chi connectivity index (χ3n) is 5.52. The van der Waals surface area contributed by atoms with E-state index in [0.29, 0.717) is 17.4 Å². The van der Waals surface area contributed by atoms with Gasteiger partial charge in [-0.15, -0.1) is 0 Å². The average molecular weight is 405 g/mol. The van der Waals surface area contributed by atoms with E-state index in [-0.39, 0.29) is 6.54 Å². The molecule has 1 aliphatic rings. The van der Waals surface area contributed by atoms with Gasteiger partial charge in [-0.1, -0.05) is 56.0 Å². The summed E-state index contributed by atoms with van der Waals surface area (Å²) in [6.45, 7) is 3.64. The summed E-state index contributed by atoms with van der Waals surface area (Å²) in [5.74, 6) is 6.23. The van der Waals surface area contributed by atoms with E-state index in [9.17, 15) is 9.59 Å². The van der Waals surface area contributed by atoms with Crippen molar-refractivity contribution in [1.29, 1.82) is 0 Å². The number of hydrogen-bond donors (Lipinski definition) is 4. The fourth-order valence-electron chi connectivity index (χ4n) is 3.32. The Balaban J connectivity index is 1.63. The zero-order chi connectivity index (χ0) is 21.7. The highest BCUT2D eigenvalue weighted by molar-refractivity contribution is 5.97. The Kier molecular flexibility index (Phi) is 6.56. The van der Waals surface area contributed by atoms with E-state index in [0.717, 1.165) is 12.0 Å². The van der Waals surface area contributed by atoms with Gasteiger partial charge in [-0.2, -0.15) is 0 Å². The molecular formula is C24H27N3O3. The van der Waals surface area contributed by atoms with Crippen molar-refractivity contribution in [3.05, 3.63) is 71.3 Å². The topological polar surface area (TPSA) is 104 Å². The summed E-state index contributed by atoms with van der Waals surface area (Å²) in [4.78, 5) is 24.5. The lowest BCUT2D eigenvalue weighted by molar-refractivity contribution is -0.133. The van der Waals surface area contributed by atoms with Crippen LogP contribution in [0.1, 0.15) is 47.7 Å². The maximum Gasteiger partial charge on any atom is 0.266 e. The molecule has 2 aromatic carbocycles. The molecule has 0 aliphatic heterocycles. The van der Waals surface area contributed by atoms with Crippen LogP contribution < -0.4 is 16.5 Å². The highest BCUT2D eigenvalue weighted by Crippen LogP contribution is 2.46. The van der Waals surface area contributed by atoms with Crippen molar-refractivity contribution in [2.75, 3.05) is 6.54 Å². The van der Waals surface area contributed by atoms with Crippen molar-refractivity contribution in [2.45, 2.75) is 32.2 Å². The molecule has 5 N–H and O–H groups in total. The molecule has 1 saturated carbocycles. The number of carbonyl (C=O) groups is 2. The molecule has 2 unspecified atom stereocenters. The lowest BCUT2D eigenvalue weighted by atomic mass is 9.83. The number of benzene rings is 2. The zero-order valence-electron chi connectivity index (χ0n) is 17.2. The summed E-state index contributed by atoms with van der Waals surface area (Å²) in [5, 5.41) is 11.6.